The molecule has 0 aromatic rings. The van der Waals surface area contributed by atoms with E-state index >= 15 is 0 Å². The van der Waals surface area contributed by atoms with Gasteiger partial charge in [-0.05, 0) is 87.0 Å². The Morgan fingerprint density at radius 3 is 2.83 bits per heavy atom. The van der Waals surface area contributed by atoms with Crippen LogP contribution in [0, 0.1) is 29.1 Å². The summed E-state index contributed by atoms with van der Waals surface area (Å²) in [5.41, 5.74) is 3.85. The molecule has 2 heteroatoms. The molecule has 0 bridgehead atoms. The van der Waals surface area contributed by atoms with Gasteiger partial charge in [0.25, 0.3) is 0 Å². The van der Waals surface area contributed by atoms with Gasteiger partial charge >= 0.3 is 0 Å². The monoisotopic (exact) mass is 316 g/mol. The molecule has 0 aliphatic heterocycles. The van der Waals surface area contributed by atoms with Crippen LogP contribution in [0.2, 0.25) is 0 Å². The zero-order valence-corrected chi connectivity index (χ0v) is 15.0. The summed E-state index contributed by atoms with van der Waals surface area (Å²) in [6.45, 7) is 4.51. The average Bonchev–Trinajstić information content (AvgIpc) is 2.91. The van der Waals surface area contributed by atoms with Crippen molar-refractivity contribution in [3.63, 3.8) is 0 Å². The van der Waals surface area contributed by atoms with Gasteiger partial charge in [0, 0.05) is 6.42 Å². The molecule has 2 fully saturated rings. The maximum absolute atomic E-state index is 10.3. The molecule has 0 radical (unpaired) electrons. The first kappa shape index (κ1) is 15.7. The summed E-state index contributed by atoms with van der Waals surface area (Å²) in [4.78, 5) is 0. The third kappa shape index (κ3) is 2.32. The largest absolute Gasteiger partial charge is 0.501 e. The van der Waals surface area contributed by atoms with E-state index in [0.29, 0.717) is 11.3 Å². The number of aliphatic hydroxyl groups is 1. The maximum atomic E-state index is 10.3. The number of methoxy groups -OCH3 is 1. The zero-order chi connectivity index (χ0) is 16.2. The van der Waals surface area contributed by atoms with E-state index in [4.69, 9.17) is 4.74 Å². The fourth-order valence-corrected chi connectivity index (χ4v) is 6.88. The van der Waals surface area contributed by atoms with Crippen molar-refractivity contribution in [1.29, 1.82) is 0 Å². The van der Waals surface area contributed by atoms with E-state index in [1.807, 2.05) is 14.0 Å². The summed E-state index contributed by atoms with van der Waals surface area (Å²) in [5.74, 6) is 4.23. The SMILES string of the molecule is COC1=CCC2=C(CC[C@@H]3[C@@H]2CC[C@@]2(C)[C@@H]3CC[C@H]2[C@H](C)O)C1. The second kappa shape index (κ2) is 5.65. The van der Waals surface area contributed by atoms with Crippen LogP contribution in [0.3, 0.4) is 0 Å². The number of hydrogen-bond acceptors (Lipinski definition) is 2. The summed E-state index contributed by atoms with van der Waals surface area (Å²) in [7, 11) is 1.81. The fourth-order valence-electron chi connectivity index (χ4n) is 6.88. The normalized spacial score (nSPS) is 44.1. The number of hydrogen-bond donors (Lipinski definition) is 1. The van der Waals surface area contributed by atoms with Crippen LogP contribution < -0.4 is 0 Å². The number of allylic oxidation sites excluding steroid dienone is 3. The molecule has 0 saturated heterocycles. The van der Waals surface area contributed by atoms with Gasteiger partial charge in [0.05, 0.1) is 19.0 Å². The van der Waals surface area contributed by atoms with Crippen molar-refractivity contribution in [2.45, 2.75) is 71.3 Å². The highest BCUT2D eigenvalue weighted by atomic mass is 16.5. The topological polar surface area (TPSA) is 29.5 Å². The predicted octanol–water partition coefficient (Wildman–Crippen LogP) is 4.84. The first-order valence-electron chi connectivity index (χ1n) is 9.66. The standard InChI is InChI=1S/C21H32O2/c1-13(22)19-8-9-20-18-6-4-14-12-15(23-3)5-7-16(14)17(18)10-11-21(19,20)2/h5,13,17-20,22H,4,6-12H2,1-3H3/t13-,17+,18+,19-,20+,21+/m0/s1. The maximum Gasteiger partial charge on any atom is 0.0959 e. The Hall–Kier alpha value is -0.760. The number of fused-ring (bicyclic) bond motifs is 4. The smallest absolute Gasteiger partial charge is 0.0959 e. The first-order valence-corrected chi connectivity index (χ1v) is 9.66. The second-order valence-electron chi connectivity index (χ2n) is 8.77. The van der Waals surface area contributed by atoms with Crippen LogP contribution >= 0.6 is 0 Å². The van der Waals surface area contributed by atoms with Crippen molar-refractivity contribution in [3.05, 3.63) is 23.0 Å². The highest BCUT2D eigenvalue weighted by molar-refractivity contribution is 5.32. The highest BCUT2D eigenvalue weighted by Crippen LogP contribution is 2.63. The van der Waals surface area contributed by atoms with E-state index in [-0.39, 0.29) is 6.10 Å². The Bertz CT molecular complexity index is 544. The van der Waals surface area contributed by atoms with Crippen molar-refractivity contribution in [2.75, 3.05) is 7.11 Å². The number of ether oxygens (including phenoxy) is 1. The van der Waals surface area contributed by atoms with Gasteiger partial charge in [0.2, 0.25) is 0 Å². The van der Waals surface area contributed by atoms with Crippen LogP contribution in [0.15, 0.2) is 23.0 Å². The van der Waals surface area contributed by atoms with Crippen molar-refractivity contribution < 1.29 is 9.84 Å². The van der Waals surface area contributed by atoms with Gasteiger partial charge < -0.3 is 9.84 Å². The van der Waals surface area contributed by atoms with E-state index in [9.17, 15) is 5.11 Å². The highest BCUT2D eigenvalue weighted by Gasteiger charge is 2.55. The summed E-state index contributed by atoms with van der Waals surface area (Å²) >= 11 is 0. The molecule has 4 aliphatic rings. The lowest BCUT2D eigenvalue weighted by Crippen LogP contribution is -2.45. The van der Waals surface area contributed by atoms with Gasteiger partial charge in [0.1, 0.15) is 0 Å². The summed E-state index contributed by atoms with van der Waals surface area (Å²) in [5, 5.41) is 10.3. The molecular weight excluding hydrogens is 284 g/mol. The van der Waals surface area contributed by atoms with Crippen LogP contribution in [-0.2, 0) is 4.74 Å². The molecule has 0 aromatic heterocycles. The van der Waals surface area contributed by atoms with Crippen molar-refractivity contribution in [1.82, 2.24) is 0 Å². The lowest BCUT2D eigenvalue weighted by Gasteiger charge is -2.52. The Morgan fingerprint density at radius 2 is 2.09 bits per heavy atom. The molecule has 0 aromatic carbocycles. The molecule has 0 spiro atoms. The molecule has 0 unspecified atom stereocenters. The van der Waals surface area contributed by atoms with E-state index in [1.54, 1.807) is 11.1 Å². The van der Waals surface area contributed by atoms with Crippen molar-refractivity contribution in [3.8, 4) is 0 Å². The van der Waals surface area contributed by atoms with E-state index in [1.165, 1.54) is 44.3 Å². The molecule has 0 heterocycles. The first-order chi connectivity index (χ1) is 11.0. The zero-order valence-electron chi connectivity index (χ0n) is 15.0. The minimum Gasteiger partial charge on any atom is -0.501 e. The van der Waals surface area contributed by atoms with Crippen LogP contribution in [0.4, 0.5) is 0 Å². The lowest BCUT2D eigenvalue weighted by molar-refractivity contribution is -0.0264. The van der Waals surface area contributed by atoms with Crippen molar-refractivity contribution >= 4 is 0 Å². The average molecular weight is 316 g/mol. The molecule has 6 atom stereocenters. The van der Waals surface area contributed by atoms with Crippen LogP contribution in [-0.4, -0.2) is 18.3 Å². The molecule has 2 nitrogen and oxygen atoms in total. The molecule has 128 valence electrons. The van der Waals surface area contributed by atoms with Crippen LogP contribution in [0.1, 0.15) is 65.2 Å². The summed E-state index contributed by atoms with van der Waals surface area (Å²) in [6, 6.07) is 0. The van der Waals surface area contributed by atoms with Gasteiger partial charge in [-0.25, -0.2) is 0 Å². The second-order valence-corrected chi connectivity index (χ2v) is 8.77. The summed E-state index contributed by atoms with van der Waals surface area (Å²) in [6.07, 6.45) is 12.3. The molecule has 1 N–H and O–H groups in total. The third-order valence-electron chi connectivity index (χ3n) is 7.97. The lowest BCUT2D eigenvalue weighted by atomic mass is 9.53. The number of aliphatic hydroxyl groups excluding tert-OH is 1. The Kier molecular flexibility index (Phi) is 3.87. The van der Waals surface area contributed by atoms with Crippen LogP contribution in [0.5, 0.6) is 0 Å². The van der Waals surface area contributed by atoms with E-state index in [2.05, 4.69) is 13.0 Å². The third-order valence-corrected chi connectivity index (χ3v) is 7.97. The van der Waals surface area contributed by atoms with Gasteiger partial charge in [-0.15, -0.1) is 0 Å². The van der Waals surface area contributed by atoms with Gasteiger partial charge in [-0.2, -0.15) is 0 Å². The fraction of sp³-hybridized carbons (Fsp3) is 0.810. The minimum absolute atomic E-state index is 0.137. The number of rotatable bonds is 2. The van der Waals surface area contributed by atoms with Gasteiger partial charge in [-0.3, -0.25) is 0 Å². The molecular formula is C21H32O2. The van der Waals surface area contributed by atoms with E-state index < -0.39 is 0 Å². The van der Waals surface area contributed by atoms with Crippen LogP contribution in [0.25, 0.3) is 0 Å². The molecule has 4 rings (SSSR count). The summed E-state index contributed by atoms with van der Waals surface area (Å²) < 4.78 is 5.50. The van der Waals surface area contributed by atoms with Gasteiger partial charge in [-0.1, -0.05) is 18.1 Å². The molecule has 2 saturated carbocycles. The predicted molar refractivity (Wildman–Crippen MR) is 92.8 cm³/mol. The molecule has 0 amide bonds. The Morgan fingerprint density at radius 1 is 1.26 bits per heavy atom. The van der Waals surface area contributed by atoms with Gasteiger partial charge in [0.15, 0.2) is 0 Å². The Balaban J connectivity index is 1.59. The quantitative estimate of drug-likeness (QED) is 0.739. The Labute approximate surface area is 141 Å². The molecule has 4 aliphatic carbocycles. The minimum atomic E-state index is -0.137. The van der Waals surface area contributed by atoms with Crippen molar-refractivity contribution in [2.24, 2.45) is 29.1 Å². The van der Waals surface area contributed by atoms with E-state index in [0.717, 1.165) is 30.6 Å². The molecule has 23 heavy (non-hydrogen) atoms.